The van der Waals surface area contributed by atoms with E-state index in [9.17, 15) is 14.4 Å². The van der Waals surface area contributed by atoms with Crippen molar-refractivity contribution in [2.24, 2.45) is 17.3 Å². The number of unbranched alkanes of at least 4 members (excludes halogenated alkanes) is 12. The van der Waals surface area contributed by atoms with Crippen molar-refractivity contribution >= 4 is 87.5 Å². The number of hydrogen-bond acceptors (Lipinski definition) is 8. The molecule has 1 saturated carbocycles. The van der Waals surface area contributed by atoms with Gasteiger partial charge in [0.05, 0.1) is 41.9 Å². The van der Waals surface area contributed by atoms with E-state index in [1.807, 2.05) is 0 Å². The molecule has 0 aromatic carbocycles. The summed E-state index contributed by atoms with van der Waals surface area (Å²) in [6, 6.07) is 0. The Kier molecular flexibility index (Phi) is 18.9. The fraction of sp³-hybridized carbons (Fsp3) is 0.833. The minimum atomic E-state index is -1.89. The van der Waals surface area contributed by atoms with E-state index in [0.29, 0.717) is 6.42 Å². The Morgan fingerprint density at radius 2 is 0.978 bits per heavy atom. The number of esters is 2. The lowest BCUT2D eigenvalue weighted by Crippen LogP contribution is -2.47. The predicted molar refractivity (Wildman–Crippen MR) is 177 cm³/mol. The van der Waals surface area contributed by atoms with Gasteiger partial charge < -0.3 is 30.3 Å². The topological polar surface area (TPSA) is 162 Å². The molecule has 4 atom stereocenters. The van der Waals surface area contributed by atoms with Gasteiger partial charge in [-0.2, -0.15) is 0 Å². The van der Waals surface area contributed by atoms with Crippen LogP contribution in [0.3, 0.4) is 0 Å². The van der Waals surface area contributed by atoms with E-state index < -0.39 is 75.7 Å². The molecular formula is C30H46Cl6O9. The minimum Gasteiger partial charge on any atom is -0.481 e. The van der Waals surface area contributed by atoms with Crippen LogP contribution in [0.2, 0.25) is 0 Å². The lowest BCUT2D eigenvalue weighted by Gasteiger charge is -2.32. The summed E-state index contributed by atoms with van der Waals surface area (Å²) < 4.78 is 2.63. The molecule has 1 heterocycles. The molecule has 2 bridgehead atoms. The van der Waals surface area contributed by atoms with Crippen LogP contribution in [0.15, 0.2) is 10.1 Å². The highest BCUT2D eigenvalue weighted by Crippen LogP contribution is 2.77. The number of carbonyl (C=O) groups is 3. The molecule has 45 heavy (non-hydrogen) atoms. The number of carbonyl (C=O) groups excluding carboxylic acids is 2. The van der Waals surface area contributed by atoms with Crippen molar-refractivity contribution in [2.45, 2.75) is 111 Å². The molecular weight excluding hydrogens is 717 g/mol. The molecule has 0 aromatic heterocycles. The van der Waals surface area contributed by atoms with Gasteiger partial charge >= 0.3 is 17.9 Å². The lowest BCUT2D eigenvalue weighted by atomic mass is 9.84. The van der Waals surface area contributed by atoms with Gasteiger partial charge in [-0.15, -0.1) is 23.2 Å². The third-order valence-electron chi connectivity index (χ3n) is 8.48. The predicted octanol–water partition coefficient (Wildman–Crippen LogP) is 6.64. The van der Waals surface area contributed by atoms with E-state index in [1.54, 1.807) is 0 Å². The molecule has 2 aliphatic carbocycles. The Morgan fingerprint density at radius 1 is 0.667 bits per heavy atom. The zero-order valence-corrected chi connectivity index (χ0v) is 30.1. The largest absolute Gasteiger partial charge is 0.481 e. The summed E-state index contributed by atoms with van der Waals surface area (Å²) in [6.07, 6.45) is 17.3. The number of ether oxygens (including phenoxy) is 1. The second-order valence-electron chi connectivity index (χ2n) is 11.8. The summed E-state index contributed by atoms with van der Waals surface area (Å²) in [5, 5.41) is 42.2. The molecule has 0 aromatic rings. The Balaban J connectivity index is 0.000000358. The Morgan fingerprint density at radius 3 is 1.24 bits per heavy atom. The first-order valence-corrected chi connectivity index (χ1v) is 17.6. The van der Waals surface area contributed by atoms with Crippen molar-refractivity contribution in [1.29, 1.82) is 0 Å². The van der Waals surface area contributed by atoms with Crippen LogP contribution in [0.4, 0.5) is 0 Å². The first-order chi connectivity index (χ1) is 21.1. The van der Waals surface area contributed by atoms with Crippen LogP contribution in [0.5, 0.6) is 0 Å². The summed E-state index contributed by atoms with van der Waals surface area (Å²) >= 11 is 36.9. The van der Waals surface area contributed by atoms with Crippen LogP contribution >= 0.6 is 69.6 Å². The average Bonchev–Trinajstić information content (AvgIpc) is 3.43. The highest BCUT2D eigenvalue weighted by atomic mass is 35.5. The van der Waals surface area contributed by atoms with E-state index in [-0.39, 0.29) is 10.1 Å². The number of fused-ring (bicyclic) bond motifs is 5. The van der Waals surface area contributed by atoms with E-state index in [0.717, 1.165) is 12.8 Å². The van der Waals surface area contributed by atoms with Crippen molar-refractivity contribution in [1.82, 2.24) is 0 Å². The van der Waals surface area contributed by atoms with Crippen LogP contribution in [0.1, 0.15) is 96.8 Å². The number of rotatable bonds is 18. The van der Waals surface area contributed by atoms with E-state index in [1.165, 1.54) is 70.6 Å². The number of carboxylic acids is 1. The van der Waals surface area contributed by atoms with Crippen LogP contribution in [0.25, 0.3) is 0 Å². The number of aliphatic hydroxyl groups excluding tert-OH is 4. The maximum Gasteiger partial charge on any atom is 0.319 e. The van der Waals surface area contributed by atoms with Gasteiger partial charge in [0.1, 0.15) is 21.6 Å². The summed E-state index contributed by atoms with van der Waals surface area (Å²) in [5.41, 5.74) is -1.11. The minimum absolute atomic E-state index is 0.126. The van der Waals surface area contributed by atoms with Crippen molar-refractivity contribution in [2.75, 3.05) is 26.4 Å². The molecule has 1 aliphatic heterocycles. The third-order valence-corrected chi connectivity index (χ3v) is 12.7. The molecule has 4 unspecified atom stereocenters. The Hall–Kier alpha value is -0.0700. The molecule has 262 valence electrons. The second kappa shape index (κ2) is 19.8. The molecule has 3 aliphatic rings. The molecule has 9 nitrogen and oxygen atoms in total. The number of hydrogen-bond donors (Lipinski definition) is 5. The number of halogens is 6. The quantitative estimate of drug-likeness (QED) is 0.0446. The Labute approximate surface area is 295 Å². The third kappa shape index (κ3) is 9.77. The number of alkyl halides is 4. The number of aliphatic hydroxyl groups is 4. The van der Waals surface area contributed by atoms with Crippen LogP contribution in [-0.2, 0) is 19.1 Å². The maximum absolute atomic E-state index is 11.7. The fourth-order valence-corrected chi connectivity index (χ4v) is 8.32. The average molecular weight is 763 g/mol. The first kappa shape index (κ1) is 43.0. The van der Waals surface area contributed by atoms with Crippen LogP contribution in [-0.4, -0.2) is 83.9 Å². The molecule has 0 spiro atoms. The molecule has 0 radical (unpaired) electrons. The standard InChI is InChI=1S/C16H32O2.C9H2Cl6O3.C5H12O4/c1-2-3-4-5-6-7-8-9-10-11-12-13-14-15-16(17)18;10-3-4(11)8(13)2-1(5(16)18-6(2)17)7(3,12)9(8,14)15;6-1-5(2-7,3-8)4-9/h2-15H2,1H3,(H,17,18);1-2H;6-9H,1-4H2. The zero-order chi connectivity index (χ0) is 34.5. The molecule has 1 saturated heterocycles. The van der Waals surface area contributed by atoms with Gasteiger partial charge in [-0.05, 0) is 6.42 Å². The second-order valence-corrected chi connectivity index (χ2v) is 15.1. The van der Waals surface area contributed by atoms with Gasteiger partial charge in [0.2, 0.25) is 0 Å². The van der Waals surface area contributed by atoms with Gasteiger partial charge in [0.25, 0.3) is 0 Å². The molecule has 2 fully saturated rings. The van der Waals surface area contributed by atoms with Crippen LogP contribution < -0.4 is 0 Å². The van der Waals surface area contributed by atoms with E-state index in [2.05, 4.69) is 11.7 Å². The lowest BCUT2D eigenvalue weighted by molar-refractivity contribution is -0.154. The smallest absolute Gasteiger partial charge is 0.319 e. The normalized spacial score (nSPS) is 26.2. The maximum atomic E-state index is 11.7. The highest BCUT2D eigenvalue weighted by molar-refractivity contribution is 6.66. The van der Waals surface area contributed by atoms with E-state index in [4.69, 9.17) is 95.1 Å². The molecule has 3 rings (SSSR count). The van der Waals surface area contributed by atoms with Crippen LogP contribution in [0, 0.1) is 17.3 Å². The molecule has 15 heteroatoms. The zero-order valence-electron chi connectivity index (χ0n) is 25.5. The Bertz CT molecular complexity index is 945. The van der Waals surface area contributed by atoms with Crippen molar-refractivity contribution in [3.63, 3.8) is 0 Å². The highest BCUT2D eigenvalue weighted by Gasteiger charge is 2.87. The molecule has 5 N–H and O–H groups in total. The van der Waals surface area contributed by atoms with Gasteiger partial charge in [-0.25, -0.2) is 0 Å². The summed E-state index contributed by atoms with van der Waals surface area (Å²) in [4.78, 5) is 30.2. The first-order valence-electron chi connectivity index (χ1n) is 15.4. The molecule has 0 amide bonds. The van der Waals surface area contributed by atoms with Crippen molar-refractivity contribution in [3.8, 4) is 0 Å². The monoisotopic (exact) mass is 760 g/mol. The summed E-state index contributed by atoms with van der Waals surface area (Å²) in [5.74, 6) is -4.65. The van der Waals surface area contributed by atoms with Gasteiger partial charge in [-0.3, -0.25) is 14.4 Å². The summed E-state index contributed by atoms with van der Waals surface area (Å²) in [6.45, 7) is 0.635. The van der Waals surface area contributed by atoms with Gasteiger partial charge in [0, 0.05) is 6.42 Å². The number of cyclic esters (lactones) is 2. The fourth-order valence-electron chi connectivity index (χ4n) is 5.40. The SMILES string of the molecule is CCCCCCCCCCCCCCCC(=O)O.O=C1OC(=O)C2C1C1(Cl)C(Cl)=C(Cl)C2(Cl)C1(Cl)Cl.OCC(CO)(CO)CO. The van der Waals surface area contributed by atoms with Crippen molar-refractivity contribution in [3.05, 3.63) is 10.1 Å². The number of aliphatic carboxylic acids is 1. The van der Waals surface area contributed by atoms with Crippen molar-refractivity contribution < 1.29 is 44.7 Å². The van der Waals surface area contributed by atoms with E-state index >= 15 is 0 Å². The number of allylic oxidation sites excluding steroid dienone is 2. The van der Waals surface area contributed by atoms with Gasteiger partial charge in [-0.1, -0.05) is 130 Å². The number of carboxylic acid groups (broad SMARTS) is 1. The van der Waals surface area contributed by atoms with Gasteiger partial charge in [0.15, 0.2) is 4.33 Å². The summed E-state index contributed by atoms with van der Waals surface area (Å²) in [7, 11) is 0.